The predicted molar refractivity (Wildman–Crippen MR) is 110 cm³/mol. The van der Waals surface area contributed by atoms with Crippen LogP contribution in [0.4, 0.5) is 0 Å². The summed E-state index contributed by atoms with van der Waals surface area (Å²) >= 11 is 0. The zero-order valence-corrected chi connectivity index (χ0v) is 17.2. The molecule has 3 rings (SSSR count). The van der Waals surface area contributed by atoms with E-state index in [1.54, 1.807) is 5.57 Å². The summed E-state index contributed by atoms with van der Waals surface area (Å²) in [5, 5.41) is 9.27. The first-order valence-electron chi connectivity index (χ1n) is 10.9. The minimum Gasteiger partial charge on any atom is -0.481 e. The van der Waals surface area contributed by atoms with Crippen molar-refractivity contribution in [3.05, 3.63) is 11.6 Å². The Morgan fingerprint density at radius 2 is 1.38 bits per heavy atom. The van der Waals surface area contributed by atoms with E-state index in [4.69, 9.17) is 0 Å². The average Bonchev–Trinajstić information content (AvgIpc) is 2.67. The summed E-state index contributed by atoms with van der Waals surface area (Å²) in [6.45, 7) is 2.89. The third-order valence-corrected chi connectivity index (χ3v) is 6.83. The summed E-state index contributed by atoms with van der Waals surface area (Å²) in [4.78, 5) is 13.6. The molecule has 3 nitrogen and oxygen atoms in total. The normalized spacial score (nSPS) is 26.1. The second-order valence-corrected chi connectivity index (χ2v) is 8.64. The molecule has 3 fully saturated rings. The van der Waals surface area contributed by atoms with Gasteiger partial charge in [-0.1, -0.05) is 50.2 Å². The van der Waals surface area contributed by atoms with Crippen molar-refractivity contribution < 1.29 is 9.90 Å². The summed E-state index contributed by atoms with van der Waals surface area (Å²) in [6, 6.07) is 0. The second kappa shape index (κ2) is 11.3. The van der Waals surface area contributed by atoms with Gasteiger partial charge in [0.2, 0.25) is 0 Å². The van der Waals surface area contributed by atoms with Gasteiger partial charge in [-0.25, -0.2) is 0 Å². The molecule has 0 bridgehead atoms. The quantitative estimate of drug-likeness (QED) is 0.599. The molecule has 2 aliphatic carbocycles. The number of aliphatic carboxylic acids is 1. The molecule has 0 amide bonds. The first-order valence-corrected chi connectivity index (χ1v) is 10.9. The van der Waals surface area contributed by atoms with E-state index in [1.165, 1.54) is 64.2 Å². The van der Waals surface area contributed by atoms with Crippen molar-refractivity contribution >= 4 is 18.4 Å². The molecule has 0 spiro atoms. The fourth-order valence-electron chi connectivity index (χ4n) is 5.41. The summed E-state index contributed by atoms with van der Waals surface area (Å²) in [7, 11) is 0. The maximum Gasteiger partial charge on any atom is 0.307 e. The molecule has 150 valence electrons. The maximum absolute atomic E-state index is 11.3. The molecule has 1 atom stereocenters. The Balaban J connectivity index is 0.00000243. The van der Waals surface area contributed by atoms with Crippen molar-refractivity contribution in [3.63, 3.8) is 0 Å². The van der Waals surface area contributed by atoms with E-state index in [2.05, 4.69) is 11.0 Å². The van der Waals surface area contributed by atoms with Crippen LogP contribution in [0.25, 0.3) is 0 Å². The highest BCUT2D eigenvalue weighted by Gasteiger charge is 2.27. The summed E-state index contributed by atoms with van der Waals surface area (Å²) < 4.78 is 0. The zero-order valence-electron chi connectivity index (χ0n) is 16.3. The van der Waals surface area contributed by atoms with Crippen LogP contribution in [0.5, 0.6) is 0 Å². The van der Waals surface area contributed by atoms with Crippen molar-refractivity contribution in [3.8, 4) is 0 Å². The van der Waals surface area contributed by atoms with E-state index in [0.717, 1.165) is 50.7 Å². The number of carboxylic acids is 1. The molecule has 1 unspecified atom stereocenters. The van der Waals surface area contributed by atoms with Crippen molar-refractivity contribution in [1.29, 1.82) is 0 Å². The number of rotatable bonds is 6. The summed E-state index contributed by atoms with van der Waals surface area (Å²) in [6.07, 6.45) is 19.8. The van der Waals surface area contributed by atoms with Crippen LogP contribution in [-0.2, 0) is 4.79 Å². The fraction of sp³-hybridized carbons (Fsp3) is 0.864. The Labute approximate surface area is 166 Å². The standard InChI is InChI=1S/C22H37NO2.ClH/c24-22(25)20-13-7-15-23(17-20)16-8-14-21(18-9-3-1-4-10-18)19-11-5-2-6-12-19;/h14,18-20H,1-13,15-17H2,(H,24,25);1H. The monoisotopic (exact) mass is 383 g/mol. The molecule has 4 heteroatoms. The van der Waals surface area contributed by atoms with Gasteiger partial charge in [-0.2, -0.15) is 0 Å². The SMILES string of the molecule is Cl.O=C(O)C1CCCN(CCC=C(C2CCCCC2)C2CCCCC2)C1. The van der Waals surface area contributed by atoms with Crippen LogP contribution in [0.1, 0.15) is 83.5 Å². The number of carboxylic acid groups (broad SMARTS) is 1. The van der Waals surface area contributed by atoms with E-state index in [9.17, 15) is 9.90 Å². The maximum atomic E-state index is 11.3. The lowest BCUT2D eigenvalue weighted by molar-refractivity contribution is -0.143. The Morgan fingerprint density at radius 1 is 0.846 bits per heavy atom. The minimum atomic E-state index is -0.606. The van der Waals surface area contributed by atoms with Gasteiger partial charge in [-0.05, 0) is 63.3 Å². The lowest BCUT2D eigenvalue weighted by atomic mass is 9.73. The zero-order chi connectivity index (χ0) is 17.5. The first-order chi connectivity index (χ1) is 12.2. The van der Waals surface area contributed by atoms with Crippen LogP contribution in [-0.4, -0.2) is 35.6 Å². The van der Waals surface area contributed by atoms with Crippen LogP contribution in [0.3, 0.4) is 0 Å². The molecule has 1 aliphatic heterocycles. The molecule has 3 aliphatic rings. The molecule has 1 saturated heterocycles. The number of piperidine rings is 1. The summed E-state index contributed by atoms with van der Waals surface area (Å²) in [5.41, 5.74) is 1.80. The number of hydrogen-bond acceptors (Lipinski definition) is 2. The van der Waals surface area contributed by atoms with Gasteiger partial charge in [-0.3, -0.25) is 4.79 Å². The van der Waals surface area contributed by atoms with Gasteiger partial charge in [0, 0.05) is 13.1 Å². The van der Waals surface area contributed by atoms with Gasteiger partial charge < -0.3 is 10.0 Å². The molecule has 26 heavy (non-hydrogen) atoms. The summed E-state index contributed by atoms with van der Waals surface area (Å²) in [5.74, 6) is 0.953. The first kappa shape index (κ1) is 21.8. The van der Waals surface area contributed by atoms with Crippen molar-refractivity contribution in [2.45, 2.75) is 83.5 Å². The number of carbonyl (C=O) groups is 1. The minimum absolute atomic E-state index is 0. The average molecular weight is 384 g/mol. The molecule has 0 aromatic heterocycles. The highest BCUT2D eigenvalue weighted by molar-refractivity contribution is 5.85. The Kier molecular flexibility index (Phi) is 9.49. The number of hydrogen-bond donors (Lipinski definition) is 1. The van der Waals surface area contributed by atoms with Crippen LogP contribution < -0.4 is 0 Å². The molecule has 1 N–H and O–H groups in total. The van der Waals surface area contributed by atoms with E-state index < -0.39 is 5.97 Å². The fourth-order valence-corrected chi connectivity index (χ4v) is 5.41. The van der Waals surface area contributed by atoms with Gasteiger partial charge >= 0.3 is 5.97 Å². The molecule has 0 radical (unpaired) electrons. The third kappa shape index (κ3) is 6.27. The highest BCUT2D eigenvalue weighted by atomic mass is 35.5. The van der Waals surface area contributed by atoms with E-state index in [0.29, 0.717) is 0 Å². The predicted octanol–water partition coefficient (Wildman–Crippen LogP) is 5.68. The van der Waals surface area contributed by atoms with E-state index >= 15 is 0 Å². The van der Waals surface area contributed by atoms with Gasteiger partial charge in [0.05, 0.1) is 5.92 Å². The Hall–Kier alpha value is -0.540. The van der Waals surface area contributed by atoms with Gasteiger partial charge in [0.25, 0.3) is 0 Å². The molecular formula is C22H38ClNO2. The molecule has 1 heterocycles. The highest BCUT2D eigenvalue weighted by Crippen LogP contribution is 2.39. The molecular weight excluding hydrogens is 346 g/mol. The van der Waals surface area contributed by atoms with E-state index in [-0.39, 0.29) is 18.3 Å². The second-order valence-electron chi connectivity index (χ2n) is 8.64. The van der Waals surface area contributed by atoms with Gasteiger partial charge in [-0.15, -0.1) is 12.4 Å². The Morgan fingerprint density at radius 3 is 1.92 bits per heavy atom. The van der Waals surface area contributed by atoms with Gasteiger partial charge in [0.15, 0.2) is 0 Å². The molecule has 0 aromatic carbocycles. The lowest BCUT2D eigenvalue weighted by Gasteiger charge is -2.33. The van der Waals surface area contributed by atoms with Crippen LogP contribution in [0, 0.1) is 17.8 Å². The van der Waals surface area contributed by atoms with Crippen molar-refractivity contribution in [1.82, 2.24) is 4.90 Å². The van der Waals surface area contributed by atoms with E-state index in [1.807, 2.05) is 0 Å². The van der Waals surface area contributed by atoms with Gasteiger partial charge in [0.1, 0.15) is 0 Å². The number of allylic oxidation sites excluding steroid dienone is 1. The largest absolute Gasteiger partial charge is 0.481 e. The number of halogens is 1. The molecule has 0 aromatic rings. The van der Waals surface area contributed by atoms with Crippen LogP contribution >= 0.6 is 12.4 Å². The third-order valence-electron chi connectivity index (χ3n) is 6.83. The van der Waals surface area contributed by atoms with Crippen molar-refractivity contribution in [2.24, 2.45) is 17.8 Å². The van der Waals surface area contributed by atoms with Crippen LogP contribution in [0.2, 0.25) is 0 Å². The topological polar surface area (TPSA) is 40.5 Å². The smallest absolute Gasteiger partial charge is 0.307 e. The lowest BCUT2D eigenvalue weighted by Crippen LogP contribution is -2.39. The number of likely N-dealkylation sites (tertiary alicyclic amines) is 1. The number of nitrogens with zero attached hydrogens (tertiary/aromatic N) is 1. The van der Waals surface area contributed by atoms with Crippen molar-refractivity contribution in [2.75, 3.05) is 19.6 Å². The molecule has 2 saturated carbocycles. The Bertz CT molecular complexity index is 433. The van der Waals surface area contributed by atoms with Crippen LogP contribution in [0.15, 0.2) is 11.6 Å².